The number of amides is 1. The highest BCUT2D eigenvalue weighted by Gasteiger charge is 2.29. The summed E-state index contributed by atoms with van der Waals surface area (Å²) in [4.78, 5) is 16.2. The van der Waals surface area contributed by atoms with Crippen LogP contribution in [0.25, 0.3) is 0 Å². The monoisotopic (exact) mass is 558 g/mol. The SMILES string of the molecule is CCOc1cc([C@@H]2CC(=O)Nc3ncnn32)cc(I)c1OCc1ccc(Cl)cc1Cl. The minimum absolute atomic E-state index is 0.105. The van der Waals surface area contributed by atoms with Gasteiger partial charge in [-0.1, -0.05) is 29.3 Å². The molecule has 0 saturated heterocycles. The molecule has 0 radical (unpaired) electrons. The lowest BCUT2D eigenvalue weighted by atomic mass is 10.0. The standard InChI is InChI=1S/C20H17Cl2IN4O3/c1-2-29-17-6-12(16-8-18(28)26-20-24-10-25-27(16)20)5-15(23)19(17)30-9-11-3-4-13(21)7-14(11)22/h3-7,10,16H,2,8-9H2,1H3,(H,24,25,26,28)/t16-/m0/s1. The molecule has 2 aromatic carbocycles. The number of nitrogens with one attached hydrogen (secondary N) is 1. The Morgan fingerprint density at radius 1 is 1.27 bits per heavy atom. The Balaban J connectivity index is 1.66. The fraction of sp³-hybridized carbons (Fsp3) is 0.250. The van der Waals surface area contributed by atoms with Crippen LogP contribution in [0, 0.1) is 3.57 Å². The van der Waals surface area contributed by atoms with Crippen molar-refractivity contribution in [3.8, 4) is 11.5 Å². The molecule has 0 spiro atoms. The summed E-state index contributed by atoms with van der Waals surface area (Å²) >= 11 is 14.4. The molecule has 10 heteroatoms. The van der Waals surface area contributed by atoms with Gasteiger partial charge in [-0.15, -0.1) is 0 Å². The van der Waals surface area contributed by atoms with Gasteiger partial charge >= 0.3 is 0 Å². The van der Waals surface area contributed by atoms with E-state index in [1.165, 1.54) is 6.33 Å². The third-order valence-electron chi connectivity index (χ3n) is 4.60. The first-order valence-corrected chi connectivity index (χ1v) is 11.0. The van der Waals surface area contributed by atoms with E-state index in [2.05, 4.69) is 38.0 Å². The zero-order valence-electron chi connectivity index (χ0n) is 15.9. The Labute approximate surface area is 196 Å². The number of rotatable bonds is 6. The molecule has 1 atom stereocenters. The summed E-state index contributed by atoms with van der Waals surface area (Å²) in [5.74, 6) is 1.54. The second-order valence-corrected chi connectivity index (χ2v) is 8.59. The van der Waals surface area contributed by atoms with Crippen LogP contribution in [0.15, 0.2) is 36.7 Å². The molecule has 3 aromatic rings. The first-order chi connectivity index (χ1) is 14.5. The van der Waals surface area contributed by atoms with E-state index in [1.807, 2.05) is 25.1 Å². The van der Waals surface area contributed by atoms with Gasteiger partial charge in [0.2, 0.25) is 11.9 Å². The summed E-state index contributed by atoms with van der Waals surface area (Å²) in [5, 5.41) is 8.10. The molecule has 1 amide bonds. The summed E-state index contributed by atoms with van der Waals surface area (Å²) in [7, 11) is 0. The van der Waals surface area contributed by atoms with Gasteiger partial charge in [-0.2, -0.15) is 10.1 Å². The normalized spacial score (nSPS) is 15.5. The second kappa shape index (κ2) is 8.99. The van der Waals surface area contributed by atoms with Crippen molar-refractivity contribution >= 4 is 57.6 Å². The summed E-state index contributed by atoms with van der Waals surface area (Å²) < 4.78 is 14.5. The predicted molar refractivity (Wildman–Crippen MR) is 123 cm³/mol. The number of benzene rings is 2. The first-order valence-electron chi connectivity index (χ1n) is 9.18. The van der Waals surface area contributed by atoms with Crippen LogP contribution >= 0.6 is 45.8 Å². The third kappa shape index (κ3) is 4.35. The second-order valence-electron chi connectivity index (χ2n) is 6.58. The summed E-state index contributed by atoms with van der Waals surface area (Å²) in [5.41, 5.74) is 1.71. The van der Waals surface area contributed by atoms with E-state index in [0.717, 1.165) is 14.7 Å². The Kier molecular flexibility index (Phi) is 6.35. The van der Waals surface area contributed by atoms with Gasteiger partial charge in [-0.25, -0.2) is 4.68 Å². The van der Waals surface area contributed by atoms with Crippen molar-refractivity contribution in [3.63, 3.8) is 0 Å². The molecule has 1 aliphatic heterocycles. The minimum atomic E-state index is -0.274. The van der Waals surface area contributed by atoms with Crippen LogP contribution in [0.3, 0.4) is 0 Å². The summed E-state index contributed by atoms with van der Waals surface area (Å²) in [6, 6.07) is 8.87. The van der Waals surface area contributed by atoms with E-state index < -0.39 is 0 Å². The number of anilines is 1. The van der Waals surface area contributed by atoms with Crippen molar-refractivity contribution in [2.45, 2.75) is 26.0 Å². The molecule has 0 saturated carbocycles. The van der Waals surface area contributed by atoms with Gasteiger partial charge in [0.25, 0.3) is 0 Å². The number of hydrogen-bond donors (Lipinski definition) is 1. The molecule has 0 unspecified atom stereocenters. The maximum Gasteiger partial charge on any atom is 0.229 e. The topological polar surface area (TPSA) is 78.3 Å². The van der Waals surface area contributed by atoms with E-state index in [9.17, 15) is 4.79 Å². The number of fused-ring (bicyclic) bond motifs is 1. The molecule has 0 bridgehead atoms. The molecule has 0 aliphatic carbocycles. The Morgan fingerprint density at radius 2 is 2.10 bits per heavy atom. The van der Waals surface area contributed by atoms with Gasteiger partial charge in [-0.05, 0) is 59.3 Å². The van der Waals surface area contributed by atoms with Crippen LogP contribution in [0.1, 0.15) is 30.5 Å². The largest absolute Gasteiger partial charge is 0.490 e. The Hall–Kier alpha value is -2.04. The quantitative estimate of drug-likeness (QED) is 0.426. The lowest BCUT2D eigenvalue weighted by Crippen LogP contribution is -2.29. The summed E-state index contributed by atoms with van der Waals surface area (Å²) in [6.45, 7) is 2.64. The van der Waals surface area contributed by atoms with Crippen molar-refractivity contribution in [3.05, 3.63) is 61.4 Å². The molecule has 1 aromatic heterocycles. The molecule has 1 N–H and O–H groups in total. The highest BCUT2D eigenvalue weighted by Crippen LogP contribution is 2.39. The first kappa shape index (κ1) is 21.2. The molecule has 4 rings (SSSR count). The number of ether oxygens (including phenoxy) is 2. The maximum atomic E-state index is 12.1. The summed E-state index contributed by atoms with van der Waals surface area (Å²) in [6.07, 6.45) is 1.69. The number of nitrogens with zero attached hydrogens (tertiary/aromatic N) is 3. The van der Waals surface area contributed by atoms with Crippen LogP contribution < -0.4 is 14.8 Å². The maximum absolute atomic E-state index is 12.1. The van der Waals surface area contributed by atoms with E-state index in [4.69, 9.17) is 32.7 Å². The van der Waals surface area contributed by atoms with Gasteiger partial charge in [0.1, 0.15) is 12.9 Å². The molecule has 2 heterocycles. The van der Waals surface area contributed by atoms with Crippen molar-refractivity contribution in [2.24, 2.45) is 0 Å². The van der Waals surface area contributed by atoms with E-state index in [-0.39, 0.29) is 25.0 Å². The van der Waals surface area contributed by atoms with Gasteiger partial charge in [0.15, 0.2) is 11.5 Å². The van der Waals surface area contributed by atoms with Crippen molar-refractivity contribution < 1.29 is 14.3 Å². The fourth-order valence-electron chi connectivity index (χ4n) is 3.24. The van der Waals surface area contributed by atoms with Gasteiger partial charge < -0.3 is 9.47 Å². The van der Waals surface area contributed by atoms with E-state index in [1.54, 1.807) is 16.8 Å². The van der Waals surface area contributed by atoms with Gasteiger partial charge in [0.05, 0.1) is 22.6 Å². The highest BCUT2D eigenvalue weighted by molar-refractivity contribution is 14.1. The molecule has 1 aliphatic rings. The van der Waals surface area contributed by atoms with Crippen LogP contribution in [-0.2, 0) is 11.4 Å². The molecular formula is C20H17Cl2IN4O3. The molecular weight excluding hydrogens is 542 g/mol. The van der Waals surface area contributed by atoms with Crippen molar-refractivity contribution in [1.82, 2.24) is 14.8 Å². The average Bonchev–Trinajstić information content (AvgIpc) is 3.16. The lowest BCUT2D eigenvalue weighted by Gasteiger charge is -2.25. The zero-order valence-corrected chi connectivity index (χ0v) is 19.5. The van der Waals surface area contributed by atoms with E-state index in [0.29, 0.717) is 34.1 Å². The lowest BCUT2D eigenvalue weighted by molar-refractivity contribution is -0.117. The third-order valence-corrected chi connectivity index (χ3v) is 5.99. The van der Waals surface area contributed by atoms with Crippen LogP contribution in [0.4, 0.5) is 5.95 Å². The Morgan fingerprint density at radius 3 is 2.87 bits per heavy atom. The van der Waals surface area contributed by atoms with Gasteiger partial charge in [0, 0.05) is 15.6 Å². The predicted octanol–water partition coefficient (Wildman–Crippen LogP) is 5.10. The van der Waals surface area contributed by atoms with Crippen LogP contribution in [0.5, 0.6) is 11.5 Å². The molecule has 30 heavy (non-hydrogen) atoms. The van der Waals surface area contributed by atoms with Crippen molar-refractivity contribution in [2.75, 3.05) is 11.9 Å². The molecule has 7 nitrogen and oxygen atoms in total. The van der Waals surface area contributed by atoms with E-state index >= 15 is 0 Å². The molecule has 156 valence electrons. The Bertz CT molecular complexity index is 1110. The smallest absolute Gasteiger partial charge is 0.229 e. The molecule has 0 fully saturated rings. The number of carbonyl (C=O) groups excluding carboxylic acids is 1. The van der Waals surface area contributed by atoms with Gasteiger partial charge in [-0.3, -0.25) is 10.1 Å². The minimum Gasteiger partial charge on any atom is -0.490 e. The highest BCUT2D eigenvalue weighted by atomic mass is 127. The number of carbonyl (C=O) groups is 1. The average molecular weight is 559 g/mol. The van der Waals surface area contributed by atoms with Crippen LogP contribution in [0.2, 0.25) is 10.0 Å². The fourth-order valence-corrected chi connectivity index (χ4v) is 4.48. The number of aromatic nitrogens is 3. The number of hydrogen-bond acceptors (Lipinski definition) is 5. The zero-order chi connectivity index (χ0) is 21.3. The van der Waals surface area contributed by atoms with Crippen molar-refractivity contribution in [1.29, 1.82) is 0 Å². The number of halogens is 3. The van der Waals surface area contributed by atoms with Crippen LogP contribution in [-0.4, -0.2) is 27.3 Å².